The van der Waals surface area contributed by atoms with Crippen molar-refractivity contribution < 1.29 is 14.0 Å². The maximum absolute atomic E-state index is 11.7. The molecule has 23 heavy (non-hydrogen) atoms. The number of aryl methyl sites for hydroxylation is 1. The Kier molecular flexibility index (Phi) is 7.70. The number of hydrogen-bond acceptors (Lipinski definition) is 4. The minimum absolute atomic E-state index is 0. The molecule has 4 N–H and O–H groups in total. The van der Waals surface area contributed by atoms with Crippen molar-refractivity contribution in [3.8, 4) is 0 Å². The molecule has 2 rings (SSSR count). The second-order valence-electron chi connectivity index (χ2n) is 4.78. The van der Waals surface area contributed by atoms with Gasteiger partial charge in [0.2, 0.25) is 5.91 Å². The van der Waals surface area contributed by atoms with E-state index in [1.165, 1.54) is 6.26 Å². The third-order valence-corrected chi connectivity index (χ3v) is 3.15. The summed E-state index contributed by atoms with van der Waals surface area (Å²) in [6.07, 6.45) is 2.39. The smallest absolute Gasteiger partial charge is 0.287 e. The van der Waals surface area contributed by atoms with Crippen LogP contribution < -0.4 is 16.4 Å². The number of para-hydroxylation sites is 1. The van der Waals surface area contributed by atoms with E-state index in [1.54, 1.807) is 12.1 Å². The quantitative estimate of drug-likeness (QED) is 0.529. The van der Waals surface area contributed by atoms with E-state index in [2.05, 4.69) is 10.6 Å². The monoisotopic (exact) mass is 337 g/mol. The lowest BCUT2D eigenvalue weighted by molar-refractivity contribution is -0.121. The number of amides is 2. The zero-order valence-electron chi connectivity index (χ0n) is 12.6. The van der Waals surface area contributed by atoms with E-state index < -0.39 is 0 Å². The van der Waals surface area contributed by atoms with Gasteiger partial charge in [-0.3, -0.25) is 9.59 Å². The molecule has 124 valence electrons. The van der Waals surface area contributed by atoms with Crippen LogP contribution in [0.4, 0.5) is 5.69 Å². The molecule has 2 amide bonds. The van der Waals surface area contributed by atoms with Crippen molar-refractivity contribution in [3.05, 3.63) is 54.0 Å². The van der Waals surface area contributed by atoms with Crippen molar-refractivity contribution in [1.82, 2.24) is 10.6 Å². The normalized spacial score (nSPS) is 9.74. The number of nitrogen functional groups attached to an aromatic ring is 1. The summed E-state index contributed by atoms with van der Waals surface area (Å²) in [5.41, 5.74) is 7.48. The van der Waals surface area contributed by atoms with Crippen LogP contribution in [-0.2, 0) is 11.2 Å². The summed E-state index contributed by atoms with van der Waals surface area (Å²) in [6, 6.07) is 10.7. The molecule has 7 heteroatoms. The summed E-state index contributed by atoms with van der Waals surface area (Å²) < 4.78 is 4.96. The molecule has 1 aromatic carbocycles. The zero-order valence-corrected chi connectivity index (χ0v) is 13.4. The van der Waals surface area contributed by atoms with Gasteiger partial charge in [0.1, 0.15) is 0 Å². The summed E-state index contributed by atoms with van der Waals surface area (Å²) >= 11 is 0. The van der Waals surface area contributed by atoms with Crippen molar-refractivity contribution in [2.24, 2.45) is 0 Å². The first-order chi connectivity index (χ1) is 10.7. The second-order valence-corrected chi connectivity index (χ2v) is 4.78. The minimum Gasteiger partial charge on any atom is -0.459 e. The van der Waals surface area contributed by atoms with E-state index in [1.807, 2.05) is 24.3 Å². The van der Waals surface area contributed by atoms with Gasteiger partial charge in [-0.1, -0.05) is 18.2 Å². The van der Waals surface area contributed by atoms with Crippen molar-refractivity contribution in [1.29, 1.82) is 0 Å². The number of halogens is 1. The Labute approximate surface area is 140 Å². The molecule has 0 fully saturated rings. The highest BCUT2D eigenvalue weighted by molar-refractivity contribution is 5.91. The fraction of sp³-hybridized carbons (Fsp3) is 0.250. The first-order valence-electron chi connectivity index (χ1n) is 7.08. The van der Waals surface area contributed by atoms with E-state index in [4.69, 9.17) is 10.2 Å². The average Bonchev–Trinajstić information content (AvgIpc) is 3.05. The number of anilines is 1. The largest absolute Gasteiger partial charge is 0.459 e. The topological polar surface area (TPSA) is 97.4 Å². The number of furan rings is 1. The third kappa shape index (κ3) is 6.04. The second kappa shape index (κ2) is 9.53. The van der Waals surface area contributed by atoms with E-state index in [0.717, 1.165) is 5.56 Å². The number of nitrogens with two attached hydrogens (primary N) is 1. The Hall–Kier alpha value is -2.47. The molecule has 0 unspecified atom stereocenters. The number of carbonyl (C=O) groups excluding carboxylic acids is 2. The SMILES string of the molecule is Cl.Nc1ccccc1CCC(=O)NCCNC(=O)c1ccco1. The Morgan fingerprint density at radius 3 is 2.48 bits per heavy atom. The molecule has 0 saturated heterocycles. The summed E-state index contributed by atoms with van der Waals surface area (Å²) in [7, 11) is 0. The van der Waals surface area contributed by atoms with Crippen LogP contribution in [0.15, 0.2) is 47.1 Å². The van der Waals surface area contributed by atoms with Gasteiger partial charge in [0.05, 0.1) is 6.26 Å². The average molecular weight is 338 g/mol. The maximum Gasteiger partial charge on any atom is 0.287 e. The molecule has 0 bridgehead atoms. The highest BCUT2D eigenvalue weighted by Crippen LogP contribution is 2.12. The van der Waals surface area contributed by atoms with Gasteiger partial charge in [0.25, 0.3) is 5.91 Å². The van der Waals surface area contributed by atoms with Crippen LogP contribution in [0.5, 0.6) is 0 Å². The maximum atomic E-state index is 11.7. The van der Waals surface area contributed by atoms with Gasteiger partial charge in [0, 0.05) is 25.2 Å². The van der Waals surface area contributed by atoms with Gasteiger partial charge in [-0.25, -0.2) is 0 Å². The predicted octanol–water partition coefficient (Wildman–Crippen LogP) is 1.76. The molecule has 2 aromatic rings. The first-order valence-corrected chi connectivity index (χ1v) is 7.08. The van der Waals surface area contributed by atoms with Crippen LogP contribution in [0.1, 0.15) is 22.5 Å². The number of benzene rings is 1. The number of rotatable bonds is 7. The van der Waals surface area contributed by atoms with E-state index >= 15 is 0 Å². The molecule has 0 spiro atoms. The molecular weight excluding hydrogens is 318 g/mol. The molecule has 1 heterocycles. The highest BCUT2D eigenvalue weighted by atomic mass is 35.5. The van der Waals surface area contributed by atoms with E-state index in [-0.39, 0.29) is 30.0 Å². The molecular formula is C16H20ClN3O3. The third-order valence-electron chi connectivity index (χ3n) is 3.15. The van der Waals surface area contributed by atoms with E-state index in [0.29, 0.717) is 31.6 Å². The molecule has 0 saturated carbocycles. The lowest BCUT2D eigenvalue weighted by Gasteiger charge is -2.07. The number of carbonyl (C=O) groups is 2. The molecule has 6 nitrogen and oxygen atoms in total. The van der Waals surface area contributed by atoms with Crippen LogP contribution in [0.2, 0.25) is 0 Å². The lowest BCUT2D eigenvalue weighted by Crippen LogP contribution is -2.34. The molecule has 0 aliphatic rings. The van der Waals surface area contributed by atoms with Crippen molar-refractivity contribution in [3.63, 3.8) is 0 Å². The Balaban J connectivity index is 0.00000264. The fourth-order valence-electron chi connectivity index (χ4n) is 1.97. The summed E-state index contributed by atoms with van der Waals surface area (Å²) in [6.45, 7) is 0.717. The van der Waals surface area contributed by atoms with Gasteiger partial charge in [-0.2, -0.15) is 0 Å². The number of nitrogens with one attached hydrogen (secondary N) is 2. The van der Waals surface area contributed by atoms with Gasteiger partial charge in [-0.15, -0.1) is 12.4 Å². The van der Waals surface area contributed by atoms with Crippen LogP contribution >= 0.6 is 12.4 Å². The van der Waals surface area contributed by atoms with Crippen LogP contribution in [-0.4, -0.2) is 24.9 Å². The first kappa shape index (κ1) is 18.6. The Morgan fingerprint density at radius 2 is 1.78 bits per heavy atom. The Morgan fingerprint density at radius 1 is 1.04 bits per heavy atom. The molecule has 0 aliphatic carbocycles. The van der Waals surface area contributed by atoms with Crippen molar-refractivity contribution in [2.75, 3.05) is 18.8 Å². The lowest BCUT2D eigenvalue weighted by atomic mass is 10.1. The van der Waals surface area contributed by atoms with Crippen molar-refractivity contribution in [2.45, 2.75) is 12.8 Å². The summed E-state index contributed by atoms with van der Waals surface area (Å²) in [5, 5.41) is 5.40. The molecule has 0 atom stereocenters. The standard InChI is InChI=1S/C16H19N3O3.ClH/c17-13-5-2-1-4-12(13)7-8-15(20)18-9-10-19-16(21)14-6-3-11-22-14;/h1-6,11H,7-10,17H2,(H,18,20)(H,19,21);1H. The van der Waals surface area contributed by atoms with Gasteiger partial charge >= 0.3 is 0 Å². The minimum atomic E-state index is -0.295. The summed E-state index contributed by atoms with van der Waals surface area (Å²) in [4.78, 5) is 23.3. The zero-order chi connectivity index (χ0) is 15.8. The number of hydrogen-bond donors (Lipinski definition) is 3. The van der Waals surface area contributed by atoms with Crippen LogP contribution in [0, 0.1) is 0 Å². The van der Waals surface area contributed by atoms with Crippen LogP contribution in [0.3, 0.4) is 0 Å². The summed E-state index contributed by atoms with van der Waals surface area (Å²) in [5.74, 6) is -0.113. The predicted molar refractivity (Wildman–Crippen MR) is 90.5 cm³/mol. The van der Waals surface area contributed by atoms with E-state index in [9.17, 15) is 9.59 Å². The van der Waals surface area contributed by atoms with Crippen LogP contribution in [0.25, 0.3) is 0 Å². The molecule has 0 aliphatic heterocycles. The van der Waals surface area contributed by atoms with Gasteiger partial charge in [-0.05, 0) is 30.2 Å². The Bertz CT molecular complexity index is 629. The van der Waals surface area contributed by atoms with Gasteiger partial charge < -0.3 is 20.8 Å². The molecule has 1 aromatic heterocycles. The van der Waals surface area contributed by atoms with Crippen molar-refractivity contribution >= 4 is 29.9 Å². The fourth-order valence-corrected chi connectivity index (χ4v) is 1.97. The highest BCUT2D eigenvalue weighted by Gasteiger charge is 2.07. The molecule has 0 radical (unpaired) electrons. The van der Waals surface area contributed by atoms with Gasteiger partial charge in [0.15, 0.2) is 5.76 Å².